The molecule has 0 unspecified atom stereocenters. The van der Waals surface area contributed by atoms with E-state index in [4.69, 9.17) is 4.74 Å². The zero-order valence-electron chi connectivity index (χ0n) is 19.3. The summed E-state index contributed by atoms with van der Waals surface area (Å²) in [6, 6.07) is 26.9. The predicted molar refractivity (Wildman–Crippen MR) is 142 cm³/mol. The molecule has 1 aromatic heterocycles. The molecule has 5 rings (SSSR count). The highest BCUT2D eigenvalue weighted by atomic mass is 35.5. The van der Waals surface area contributed by atoms with E-state index in [9.17, 15) is 0 Å². The van der Waals surface area contributed by atoms with Crippen LogP contribution in [0.5, 0.6) is 5.75 Å². The van der Waals surface area contributed by atoms with Crippen molar-refractivity contribution in [1.82, 2.24) is 19.4 Å². The van der Waals surface area contributed by atoms with Crippen LogP contribution in [-0.4, -0.2) is 65.2 Å². The van der Waals surface area contributed by atoms with E-state index in [0.29, 0.717) is 6.61 Å². The molecule has 5 nitrogen and oxygen atoms in total. The molecule has 3 aromatic carbocycles. The molecule has 1 saturated heterocycles. The molecule has 0 aliphatic carbocycles. The Morgan fingerprint density at radius 2 is 1.50 bits per heavy atom. The highest BCUT2D eigenvalue weighted by Crippen LogP contribution is 2.20. The molecule has 34 heavy (non-hydrogen) atoms. The zero-order chi connectivity index (χ0) is 22.3. The summed E-state index contributed by atoms with van der Waals surface area (Å²) in [5.74, 6) is 0.910. The monoisotopic (exact) mass is 474 g/mol. The van der Waals surface area contributed by atoms with E-state index in [-0.39, 0.29) is 12.4 Å². The van der Waals surface area contributed by atoms with Crippen LogP contribution in [0.3, 0.4) is 0 Å². The topological polar surface area (TPSA) is 33.5 Å². The molecular weight excluding hydrogens is 444 g/mol. The second kappa shape index (κ2) is 11.8. The fourth-order valence-corrected chi connectivity index (χ4v) is 4.26. The number of imidazole rings is 1. The van der Waals surface area contributed by atoms with Gasteiger partial charge in [0.15, 0.2) is 0 Å². The van der Waals surface area contributed by atoms with Gasteiger partial charge in [0, 0.05) is 45.0 Å². The van der Waals surface area contributed by atoms with Crippen molar-refractivity contribution in [2.75, 3.05) is 45.9 Å². The Kier molecular flexibility index (Phi) is 8.36. The minimum Gasteiger partial charge on any atom is -0.492 e. The third kappa shape index (κ3) is 6.06. The van der Waals surface area contributed by atoms with Crippen molar-refractivity contribution in [1.29, 1.82) is 0 Å². The lowest BCUT2D eigenvalue weighted by Gasteiger charge is -2.34. The van der Waals surface area contributed by atoms with Gasteiger partial charge in [0.25, 0.3) is 0 Å². The maximum Gasteiger partial charge on any atom is 0.119 e. The van der Waals surface area contributed by atoms with Gasteiger partial charge in [-0.1, -0.05) is 54.6 Å². The smallest absolute Gasteiger partial charge is 0.119 e. The number of ether oxygens (including phenoxy) is 1. The molecule has 0 radical (unpaired) electrons. The number of hydrogen-bond acceptors (Lipinski definition) is 4. The molecule has 0 spiro atoms. The Morgan fingerprint density at radius 1 is 0.794 bits per heavy atom. The van der Waals surface area contributed by atoms with Crippen LogP contribution in [0.1, 0.15) is 5.56 Å². The number of halogens is 1. The quantitative estimate of drug-likeness (QED) is 0.353. The first-order valence-corrected chi connectivity index (χ1v) is 11.7. The third-order valence-corrected chi connectivity index (χ3v) is 6.18. The van der Waals surface area contributed by atoms with Gasteiger partial charge in [-0.3, -0.25) is 14.4 Å². The molecule has 0 amide bonds. The maximum absolute atomic E-state index is 6.02. The zero-order valence-corrected chi connectivity index (χ0v) is 20.1. The second-order valence-corrected chi connectivity index (χ2v) is 8.40. The number of benzene rings is 3. The van der Waals surface area contributed by atoms with Gasteiger partial charge in [0.1, 0.15) is 18.7 Å². The van der Waals surface area contributed by atoms with E-state index in [1.807, 2.05) is 36.7 Å². The van der Waals surface area contributed by atoms with Crippen molar-refractivity contribution in [3.8, 4) is 11.4 Å². The number of para-hydroxylation sites is 2. The second-order valence-electron chi connectivity index (χ2n) is 8.40. The third-order valence-electron chi connectivity index (χ3n) is 6.18. The van der Waals surface area contributed by atoms with Crippen LogP contribution < -0.4 is 4.74 Å². The van der Waals surface area contributed by atoms with Crippen molar-refractivity contribution < 1.29 is 4.74 Å². The molecule has 1 aliphatic heterocycles. The number of rotatable bonds is 8. The van der Waals surface area contributed by atoms with Crippen LogP contribution in [-0.2, 0) is 0 Å². The summed E-state index contributed by atoms with van der Waals surface area (Å²) in [6.07, 6.45) is 6.35. The molecule has 0 saturated carbocycles. The number of aromatic nitrogens is 2. The van der Waals surface area contributed by atoms with E-state index in [0.717, 1.165) is 61.7 Å². The first kappa shape index (κ1) is 24.0. The van der Waals surface area contributed by atoms with Crippen LogP contribution in [0.4, 0.5) is 0 Å². The summed E-state index contributed by atoms with van der Waals surface area (Å²) < 4.78 is 8.12. The Balaban J connectivity index is 0.00000274. The lowest BCUT2D eigenvalue weighted by atomic mass is 10.2. The summed E-state index contributed by atoms with van der Waals surface area (Å²) in [6.45, 7) is 7.07. The molecule has 0 bridgehead atoms. The highest BCUT2D eigenvalue weighted by Gasteiger charge is 2.15. The summed E-state index contributed by atoms with van der Waals surface area (Å²) in [5, 5.41) is 0. The fourth-order valence-electron chi connectivity index (χ4n) is 4.26. The van der Waals surface area contributed by atoms with Crippen LogP contribution in [0.25, 0.3) is 22.8 Å². The maximum atomic E-state index is 6.02. The summed E-state index contributed by atoms with van der Waals surface area (Å²) >= 11 is 0. The summed E-state index contributed by atoms with van der Waals surface area (Å²) in [5.41, 5.74) is 4.47. The van der Waals surface area contributed by atoms with Gasteiger partial charge in [-0.2, -0.15) is 0 Å². The largest absolute Gasteiger partial charge is 0.492 e. The van der Waals surface area contributed by atoms with Crippen molar-refractivity contribution in [2.45, 2.75) is 0 Å². The van der Waals surface area contributed by atoms with Gasteiger partial charge < -0.3 is 4.74 Å². The lowest BCUT2D eigenvalue weighted by Crippen LogP contribution is -2.47. The molecule has 4 aromatic rings. The minimum atomic E-state index is 0. The Hall–Kier alpha value is -3.12. The van der Waals surface area contributed by atoms with Crippen LogP contribution in [0.15, 0.2) is 91.3 Å². The molecular formula is C28H31ClN4O. The molecule has 0 atom stereocenters. The predicted octanol–water partition coefficient (Wildman–Crippen LogP) is 5.16. The van der Waals surface area contributed by atoms with Gasteiger partial charge in [-0.15, -0.1) is 12.4 Å². The normalized spacial score (nSPS) is 14.9. The number of fused-ring (bicyclic) bond motifs is 1. The van der Waals surface area contributed by atoms with Gasteiger partial charge >= 0.3 is 0 Å². The van der Waals surface area contributed by atoms with Gasteiger partial charge in [-0.05, 0) is 42.0 Å². The van der Waals surface area contributed by atoms with Gasteiger partial charge in [-0.25, -0.2) is 4.98 Å². The molecule has 176 valence electrons. The van der Waals surface area contributed by atoms with E-state index in [2.05, 4.69) is 80.0 Å². The number of piperazine rings is 1. The SMILES string of the molecule is C(=Cc1ccccc1)CN1CCN(CCOc2ccc(-n3cnc4ccccc43)cc2)CC1.Cl. The van der Waals surface area contributed by atoms with Crippen molar-refractivity contribution in [3.05, 3.63) is 96.8 Å². The van der Waals surface area contributed by atoms with E-state index >= 15 is 0 Å². The van der Waals surface area contributed by atoms with Crippen LogP contribution >= 0.6 is 12.4 Å². The van der Waals surface area contributed by atoms with E-state index in [1.165, 1.54) is 5.56 Å². The average molecular weight is 475 g/mol. The standard InChI is InChI=1S/C28H30N4O.ClH/c1-2-7-24(8-3-1)9-6-16-30-17-19-31(20-18-30)21-22-33-26-14-12-25(13-15-26)32-23-29-27-10-4-5-11-28(27)32;/h1-15,23H,16-22H2;1H. The molecule has 1 fully saturated rings. The van der Waals surface area contributed by atoms with Crippen molar-refractivity contribution >= 4 is 29.5 Å². The Labute approximate surface area is 207 Å². The molecule has 1 aliphatic rings. The molecule has 6 heteroatoms. The van der Waals surface area contributed by atoms with E-state index < -0.39 is 0 Å². The Bertz CT molecular complexity index is 1180. The van der Waals surface area contributed by atoms with Crippen molar-refractivity contribution in [2.24, 2.45) is 0 Å². The molecule has 2 heterocycles. The van der Waals surface area contributed by atoms with Gasteiger partial charge in [0.05, 0.1) is 11.0 Å². The molecule has 0 N–H and O–H groups in total. The minimum absolute atomic E-state index is 0. The lowest BCUT2D eigenvalue weighted by molar-refractivity contribution is 0.125. The van der Waals surface area contributed by atoms with Crippen LogP contribution in [0.2, 0.25) is 0 Å². The van der Waals surface area contributed by atoms with Crippen LogP contribution in [0, 0.1) is 0 Å². The summed E-state index contributed by atoms with van der Waals surface area (Å²) in [4.78, 5) is 9.47. The fraction of sp³-hybridized carbons (Fsp3) is 0.250. The first-order valence-electron chi connectivity index (χ1n) is 11.7. The number of hydrogen-bond donors (Lipinski definition) is 0. The summed E-state index contributed by atoms with van der Waals surface area (Å²) in [7, 11) is 0. The highest BCUT2D eigenvalue weighted by molar-refractivity contribution is 5.85. The van der Waals surface area contributed by atoms with Gasteiger partial charge in [0.2, 0.25) is 0 Å². The van der Waals surface area contributed by atoms with E-state index in [1.54, 1.807) is 0 Å². The first-order chi connectivity index (χ1) is 16.3. The number of nitrogens with zero attached hydrogens (tertiary/aromatic N) is 4. The van der Waals surface area contributed by atoms with Crippen molar-refractivity contribution in [3.63, 3.8) is 0 Å². The average Bonchev–Trinajstić information content (AvgIpc) is 3.30. The Morgan fingerprint density at radius 3 is 2.29 bits per heavy atom.